The number of aromatic nitrogens is 1. The smallest absolute Gasteiger partial charge is 0.245 e. The molecule has 0 radical (unpaired) electrons. The molecule has 1 aromatic carbocycles. The summed E-state index contributed by atoms with van der Waals surface area (Å²) in [6, 6.07) is 7.31. The van der Waals surface area contributed by atoms with Crippen molar-refractivity contribution in [1.29, 1.82) is 0 Å². The lowest BCUT2D eigenvalue weighted by Crippen LogP contribution is -2.46. The van der Waals surface area contributed by atoms with Crippen molar-refractivity contribution in [2.45, 2.75) is 63.3 Å². The van der Waals surface area contributed by atoms with E-state index >= 15 is 0 Å². The van der Waals surface area contributed by atoms with Gasteiger partial charge in [-0.15, -0.1) is 0 Å². The third kappa shape index (κ3) is 7.49. The molecule has 1 N–H and O–H groups in total. The number of amides is 1. The topological polar surface area (TPSA) is 101 Å². The molecule has 10 heteroatoms. The molecule has 214 valence electrons. The standard InChI is InChI=1S/C29H42N4O5S/c1-22-18-27(37-3)19-23(2)29(22)39(35,36)33-15-5-4-6-26(33)20-38-21-28(34)31-14-7-24-10-16-32(17-11-24)25-8-12-30-13-9-25/h8-9,12-13,18-19,24,26H,4-7,10-11,14-17,20-21H2,1-3H3,(H,31,34). The predicted molar refractivity (Wildman–Crippen MR) is 152 cm³/mol. The Morgan fingerprint density at radius 3 is 2.41 bits per heavy atom. The van der Waals surface area contributed by atoms with E-state index in [9.17, 15) is 13.2 Å². The van der Waals surface area contributed by atoms with E-state index in [0.717, 1.165) is 45.2 Å². The Morgan fingerprint density at radius 2 is 1.74 bits per heavy atom. The van der Waals surface area contributed by atoms with E-state index in [1.807, 2.05) is 24.5 Å². The van der Waals surface area contributed by atoms with Crippen LogP contribution in [0, 0.1) is 19.8 Å². The Hall–Kier alpha value is -2.69. The first-order valence-electron chi connectivity index (χ1n) is 14.0. The summed E-state index contributed by atoms with van der Waals surface area (Å²) in [5, 5.41) is 2.97. The fourth-order valence-corrected chi connectivity index (χ4v) is 7.89. The van der Waals surface area contributed by atoms with Gasteiger partial charge in [-0.25, -0.2) is 8.42 Å². The average molecular weight is 559 g/mol. The summed E-state index contributed by atoms with van der Waals surface area (Å²) < 4.78 is 40.0. The molecule has 1 aromatic heterocycles. The molecule has 0 saturated carbocycles. The Kier molecular flexibility index (Phi) is 10.2. The van der Waals surface area contributed by atoms with Crippen molar-refractivity contribution in [2.24, 2.45) is 5.92 Å². The van der Waals surface area contributed by atoms with Crippen molar-refractivity contribution < 1.29 is 22.7 Å². The molecule has 1 unspecified atom stereocenters. The van der Waals surface area contributed by atoms with E-state index in [4.69, 9.17) is 9.47 Å². The number of hydrogen-bond acceptors (Lipinski definition) is 7. The number of sulfonamides is 1. The second-order valence-electron chi connectivity index (χ2n) is 10.6. The minimum Gasteiger partial charge on any atom is -0.497 e. The Morgan fingerprint density at radius 1 is 1.05 bits per heavy atom. The first-order chi connectivity index (χ1) is 18.8. The summed E-state index contributed by atoms with van der Waals surface area (Å²) in [4.78, 5) is 19.2. The van der Waals surface area contributed by atoms with Crippen molar-refractivity contribution in [3.63, 3.8) is 0 Å². The molecule has 2 fully saturated rings. The quantitative estimate of drug-likeness (QED) is 0.449. The number of carbonyl (C=O) groups is 1. The lowest BCUT2D eigenvalue weighted by atomic mass is 9.93. The number of pyridine rings is 1. The summed E-state index contributed by atoms with van der Waals surface area (Å²) in [6.07, 6.45) is 9.28. The molecule has 4 rings (SSSR count). The van der Waals surface area contributed by atoms with Gasteiger partial charge in [0.15, 0.2) is 0 Å². The summed E-state index contributed by atoms with van der Waals surface area (Å²) in [5.41, 5.74) is 2.55. The third-order valence-electron chi connectivity index (χ3n) is 7.87. The molecular weight excluding hydrogens is 516 g/mol. The molecule has 0 spiro atoms. The van der Waals surface area contributed by atoms with Crippen LogP contribution in [0.2, 0.25) is 0 Å². The highest BCUT2D eigenvalue weighted by Gasteiger charge is 2.35. The van der Waals surface area contributed by atoms with Gasteiger partial charge >= 0.3 is 0 Å². The molecule has 3 heterocycles. The Balaban J connectivity index is 1.21. The van der Waals surface area contributed by atoms with Crippen molar-refractivity contribution in [3.8, 4) is 5.75 Å². The van der Waals surface area contributed by atoms with Crippen LogP contribution in [0.4, 0.5) is 5.69 Å². The van der Waals surface area contributed by atoms with Gasteiger partial charge in [-0.05, 0) is 87.3 Å². The summed E-state index contributed by atoms with van der Waals surface area (Å²) in [5.74, 6) is 1.08. The first-order valence-corrected chi connectivity index (χ1v) is 15.4. The first kappa shape index (κ1) is 29.3. The zero-order valence-electron chi connectivity index (χ0n) is 23.4. The molecule has 1 amide bonds. The summed E-state index contributed by atoms with van der Waals surface area (Å²) in [7, 11) is -2.13. The van der Waals surface area contributed by atoms with Crippen LogP contribution in [0.3, 0.4) is 0 Å². The van der Waals surface area contributed by atoms with Gasteiger partial charge in [-0.3, -0.25) is 9.78 Å². The number of rotatable bonds is 11. The average Bonchev–Trinajstić information content (AvgIpc) is 2.93. The molecule has 2 saturated heterocycles. The monoisotopic (exact) mass is 558 g/mol. The van der Waals surface area contributed by atoms with Crippen LogP contribution < -0.4 is 15.0 Å². The SMILES string of the molecule is COc1cc(C)c(S(=O)(=O)N2CCCCC2COCC(=O)NCCC2CCN(c3ccncc3)CC2)c(C)c1. The Bertz CT molecular complexity index is 1180. The summed E-state index contributed by atoms with van der Waals surface area (Å²) in [6.45, 7) is 6.85. The molecule has 39 heavy (non-hydrogen) atoms. The third-order valence-corrected chi connectivity index (χ3v) is 10.1. The van der Waals surface area contributed by atoms with Gasteiger partial charge in [-0.1, -0.05) is 6.42 Å². The number of nitrogens with one attached hydrogen (secondary N) is 1. The van der Waals surface area contributed by atoms with Crippen LogP contribution in [0.15, 0.2) is 41.6 Å². The molecule has 2 aliphatic heterocycles. The number of nitrogens with zero attached hydrogens (tertiary/aromatic N) is 3. The molecule has 0 bridgehead atoms. The van der Waals surface area contributed by atoms with Gasteiger partial charge in [0, 0.05) is 50.3 Å². The maximum absolute atomic E-state index is 13.7. The molecule has 0 aliphatic carbocycles. The number of ether oxygens (including phenoxy) is 2. The maximum Gasteiger partial charge on any atom is 0.245 e. The second kappa shape index (κ2) is 13.6. The number of piperidine rings is 2. The number of anilines is 1. The van der Waals surface area contributed by atoms with E-state index in [1.165, 1.54) is 5.69 Å². The highest BCUT2D eigenvalue weighted by molar-refractivity contribution is 7.89. The van der Waals surface area contributed by atoms with Gasteiger partial charge in [-0.2, -0.15) is 4.31 Å². The second-order valence-corrected chi connectivity index (χ2v) is 12.5. The Labute approximate surface area is 232 Å². The van der Waals surface area contributed by atoms with Crippen LogP contribution in [-0.2, 0) is 19.6 Å². The largest absolute Gasteiger partial charge is 0.497 e. The van der Waals surface area contributed by atoms with Crippen LogP contribution in [-0.4, -0.2) is 76.2 Å². The van der Waals surface area contributed by atoms with E-state index in [0.29, 0.717) is 47.2 Å². The van der Waals surface area contributed by atoms with Crippen LogP contribution in [0.1, 0.15) is 49.7 Å². The van der Waals surface area contributed by atoms with Crippen LogP contribution in [0.5, 0.6) is 5.75 Å². The predicted octanol–water partition coefficient (Wildman–Crippen LogP) is 3.69. The normalized spacial score (nSPS) is 19.2. The molecule has 9 nitrogen and oxygen atoms in total. The molecular formula is C29H42N4O5S. The van der Waals surface area contributed by atoms with E-state index in [1.54, 1.807) is 37.4 Å². The minimum absolute atomic E-state index is 0.0640. The lowest BCUT2D eigenvalue weighted by molar-refractivity contribution is -0.126. The zero-order valence-corrected chi connectivity index (χ0v) is 24.2. The highest BCUT2D eigenvalue weighted by Crippen LogP contribution is 2.32. The van der Waals surface area contributed by atoms with Gasteiger partial charge < -0.3 is 19.7 Å². The number of aryl methyl sites for hydroxylation is 2. The number of methoxy groups -OCH3 is 1. The van der Waals surface area contributed by atoms with Crippen molar-refractivity contribution >= 4 is 21.6 Å². The van der Waals surface area contributed by atoms with Gasteiger partial charge in [0.25, 0.3) is 0 Å². The van der Waals surface area contributed by atoms with Crippen molar-refractivity contribution in [1.82, 2.24) is 14.6 Å². The molecule has 2 aliphatic rings. The van der Waals surface area contributed by atoms with Gasteiger partial charge in [0.05, 0.1) is 18.6 Å². The molecule has 2 aromatic rings. The van der Waals surface area contributed by atoms with E-state index in [2.05, 4.69) is 15.2 Å². The number of benzene rings is 1. The van der Waals surface area contributed by atoms with Crippen LogP contribution in [0.25, 0.3) is 0 Å². The molecule has 1 atom stereocenters. The summed E-state index contributed by atoms with van der Waals surface area (Å²) >= 11 is 0. The zero-order chi connectivity index (χ0) is 27.8. The van der Waals surface area contributed by atoms with Crippen LogP contribution >= 0.6 is 0 Å². The van der Waals surface area contributed by atoms with Crippen molar-refractivity contribution in [3.05, 3.63) is 47.8 Å². The lowest BCUT2D eigenvalue weighted by Gasteiger charge is -2.35. The minimum atomic E-state index is -3.71. The van der Waals surface area contributed by atoms with Gasteiger partial charge in [0.2, 0.25) is 15.9 Å². The fraction of sp³-hybridized carbons (Fsp3) is 0.586. The van der Waals surface area contributed by atoms with Gasteiger partial charge in [0.1, 0.15) is 12.4 Å². The van der Waals surface area contributed by atoms with Crippen molar-refractivity contribution in [2.75, 3.05) is 51.4 Å². The fourth-order valence-electron chi connectivity index (χ4n) is 5.80. The number of carbonyl (C=O) groups excluding carboxylic acids is 1. The maximum atomic E-state index is 13.7. The highest BCUT2D eigenvalue weighted by atomic mass is 32.2. The van der Waals surface area contributed by atoms with E-state index in [-0.39, 0.29) is 25.2 Å². The van der Waals surface area contributed by atoms with E-state index < -0.39 is 10.0 Å². The number of hydrogen-bond donors (Lipinski definition) is 1.